The van der Waals surface area contributed by atoms with Crippen LogP contribution in [0.3, 0.4) is 0 Å². The van der Waals surface area contributed by atoms with E-state index < -0.39 is 12.2 Å². The maximum Gasteiger partial charge on any atom is 0.387 e. The maximum absolute atomic E-state index is 12.5. The SMILES string of the molecule is CC[C@@](C)(COc1ncccc1Cl)NCC(=O)N(C)Cc1ccc(OC(F)F)cc1. The molecule has 0 aliphatic carbocycles. The molecule has 0 aliphatic rings. The normalized spacial score (nSPS) is 13.0. The Morgan fingerprint density at radius 1 is 1.30 bits per heavy atom. The fraction of sp³-hybridized carbons (Fsp3) is 0.429. The highest BCUT2D eigenvalue weighted by Crippen LogP contribution is 2.22. The van der Waals surface area contributed by atoms with Crippen molar-refractivity contribution in [3.8, 4) is 11.6 Å². The molecule has 6 nitrogen and oxygen atoms in total. The molecule has 1 aromatic carbocycles. The van der Waals surface area contributed by atoms with Crippen LogP contribution in [-0.4, -0.2) is 48.1 Å². The summed E-state index contributed by atoms with van der Waals surface area (Å²) in [5.41, 5.74) is 0.352. The van der Waals surface area contributed by atoms with Crippen LogP contribution in [-0.2, 0) is 11.3 Å². The first-order valence-corrected chi connectivity index (χ1v) is 9.86. The Balaban J connectivity index is 1.85. The predicted molar refractivity (Wildman–Crippen MR) is 111 cm³/mol. The van der Waals surface area contributed by atoms with E-state index in [-0.39, 0.29) is 18.2 Å². The second kappa shape index (κ2) is 11.1. The lowest BCUT2D eigenvalue weighted by atomic mass is 10.0. The van der Waals surface area contributed by atoms with E-state index in [2.05, 4.69) is 15.0 Å². The summed E-state index contributed by atoms with van der Waals surface area (Å²) >= 11 is 6.06. The number of pyridine rings is 1. The van der Waals surface area contributed by atoms with Gasteiger partial charge in [0.1, 0.15) is 17.4 Å². The van der Waals surface area contributed by atoms with E-state index in [1.807, 2.05) is 13.8 Å². The minimum atomic E-state index is -2.86. The molecule has 0 bridgehead atoms. The lowest BCUT2D eigenvalue weighted by Gasteiger charge is -2.30. The third-order valence-corrected chi connectivity index (χ3v) is 4.98. The van der Waals surface area contributed by atoms with E-state index in [4.69, 9.17) is 16.3 Å². The highest BCUT2D eigenvalue weighted by Gasteiger charge is 2.25. The molecule has 0 saturated heterocycles. The fourth-order valence-corrected chi connectivity index (χ4v) is 2.72. The zero-order valence-corrected chi connectivity index (χ0v) is 18.0. The number of hydrogen-bond donors (Lipinski definition) is 1. The summed E-state index contributed by atoms with van der Waals surface area (Å²) < 4.78 is 34.5. The van der Waals surface area contributed by atoms with Crippen molar-refractivity contribution in [3.63, 3.8) is 0 Å². The summed E-state index contributed by atoms with van der Waals surface area (Å²) in [6, 6.07) is 9.62. The van der Waals surface area contributed by atoms with E-state index >= 15 is 0 Å². The molecule has 1 heterocycles. The Hall–Kier alpha value is -2.45. The van der Waals surface area contributed by atoms with Gasteiger partial charge in [-0.15, -0.1) is 0 Å². The van der Waals surface area contributed by atoms with Crippen LogP contribution in [0, 0.1) is 0 Å². The van der Waals surface area contributed by atoms with Gasteiger partial charge in [0.25, 0.3) is 0 Å². The van der Waals surface area contributed by atoms with Gasteiger partial charge in [0.2, 0.25) is 11.8 Å². The van der Waals surface area contributed by atoms with Crippen LogP contribution in [0.2, 0.25) is 5.02 Å². The molecule has 0 unspecified atom stereocenters. The van der Waals surface area contributed by atoms with E-state index in [1.165, 1.54) is 12.1 Å². The number of amides is 1. The summed E-state index contributed by atoms with van der Waals surface area (Å²) in [6.07, 6.45) is 2.32. The second-order valence-corrected chi connectivity index (χ2v) is 7.53. The zero-order chi connectivity index (χ0) is 22.1. The Labute approximate surface area is 180 Å². The van der Waals surface area contributed by atoms with E-state index in [0.29, 0.717) is 24.1 Å². The quantitative estimate of drug-likeness (QED) is 0.568. The minimum Gasteiger partial charge on any atom is -0.475 e. The number of likely N-dealkylation sites (N-methyl/N-ethyl adjacent to an activating group) is 1. The molecule has 0 fully saturated rings. The summed E-state index contributed by atoms with van der Waals surface area (Å²) in [4.78, 5) is 18.2. The first-order valence-electron chi connectivity index (χ1n) is 9.48. The molecule has 0 radical (unpaired) electrons. The molecule has 1 amide bonds. The number of nitrogens with one attached hydrogen (secondary N) is 1. The summed E-state index contributed by atoms with van der Waals surface area (Å²) in [5, 5.41) is 3.67. The number of alkyl halides is 2. The molecule has 0 spiro atoms. The smallest absolute Gasteiger partial charge is 0.387 e. The Kier molecular flexibility index (Phi) is 8.80. The Morgan fingerprint density at radius 2 is 2.00 bits per heavy atom. The number of halogens is 3. The number of hydrogen-bond acceptors (Lipinski definition) is 5. The third kappa shape index (κ3) is 7.42. The predicted octanol–water partition coefficient (Wildman–Crippen LogP) is 4.13. The average molecular weight is 442 g/mol. The lowest BCUT2D eigenvalue weighted by Crippen LogP contribution is -2.50. The van der Waals surface area contributed by atoms with Gasteiger partial charge in [0.05, 0.1) is 6.54 Å². The van der Waals surface area contributed by atoms with Crippen LogP contribution in [0.25, 0.3) is 0 Å². The molecule has 1 N–H and O–H groups in total. The van der Waals surface area contributed by atoms with Gasteiger partial charge in [-0.05, 0) is 43.2 Å². The minimum absolute atomic E-state index is 0.0797. The van der Waals surface area contributed by atoms with E-state index in [9.17, 15) is 13.6 Å². The van der Waals surface area contributed by atoms with Gasteiger partial charge in [0, 0.05) is 25.3 Å². The molecule has 164 valence electrons. The number of carbonyl (C=O) groups excluding carboxylic acids is 1. The van der Waals surface area contributed by atoms with E-state index in [1.54, 1.807) is 42.4 Å². The Bertz CT molecular complexity index is 823. The van der Waals surface area contributed by atoms with E-state index in [0.717, 1.165) is 12.0 Å². The van der Waals surface area contributed by atoms with Gasteiger partial charge in [-0.2, -0.15) is 8.78 Å². The molecular formula is C21H26ClF2N3O3. The standard InChI is InChI=1S/C21H26ClF2N3O3/c1-4-21(2,14-29-19-17(22)6-5-11-25-19)26-12-18(28)27(3)13-15-7-9-16(10-8-15)30-20(23)24/h5-11,20,26H,4,12-14H2,1-3H3/t21-/m0/s1. The van der Waals surface area contributed by atoms with Gasteiger partial charge < -0.3 is 14.4 Å². The van der Waals surface area contributed by atoms with Crippen LogP contribution >= 0.6 is 11.6 Å². The zero-order valence-electron chi connectivity index (χ0n) is 17.2. The van der Waals surface area contributed by atoms with Gasteiger partial charge in [0.15, 0.2) is 0 Å². The van der Waals surface area contributed by atoms with Crippen LogP contribution < -0.4 is 14.8 Å². The highest BCUT2D eigenvalue weighted by molar-refractivity contribution is 6.31. The topological polar surface area (TPSA) is 63.7 Å². The number of aromatic nitrogens is 1. The molecule has 0 saturated carbocycles. The average Bonchev–Trinajstić information content (AvgIpc) is 2.72. The number of carbonyl (C=O) groups is 1. The van der Waals surface area contributed by atoms with Crippen molar-refractivity contribution in [1.82, 2.24) is 15.2 Å². The molecule has 0 aliphatic heterocycles. The summed E-state index contributed by atoms with van der Waals surface area (Å²) in [5.74, 6) is 0.318. The molecule has 2 aromatic rings. The first kappa shape index (κ1) is 23.8. The Morgan fingerprint density at radius 3 is 2.60 bits per heavy atom. The van der Waals surface area contributed by atoms with Gasteiger partial charge in [-0.1, -0.05) is 30.7 Å². The number of rotatable bonds is 11. The molecule has 1 aromatic heterocycles. The fourth-order valence-electron chi connectivity index (χ4n) is 2.55. The van der Waals surface area contributed by atoms with Crippen LogP contribution in [0.4, 0.5) is 8.78 Å². The molecular weight excluding hydrogens is 416 g/mol. The van der Waals surface area contributed by atoms with Crippen molar-refractivity contribution in [3.05, 3.63) is 53.2 Å². The largest absolute Gasteiger partial charge is 0.475 e. The summed E-state index contributed by atoms with van der Waals surface area (Å²) in [6.45, 7) is 1.84. The maximum atomic E-state index is 12.5. The van der Waals surface area contributed by atoms with Crippen molar-refractivity contribution in [2.45, 2.75) is 39.0 Å². The lowest BCUT2D eigenvalue weighted by molar-refractivity contribution is -0.129. The van der Waals surface area contributed by atoms with Crippen molar-refractivity contribution in [2.75, 3.05) is 20.2 Å². The molecule has 9 heteroatoms. The van der Waals surface area contributed by atoms with Crippen LogP contribution in [0.1, 0.15) is 25.8 Å². The van der Waals surface area contributed by atoms with Gasteiger partial charge >= 0.3 is 6.61 Å². The van der Waals surface area contributed by atoms with Crippen molar-refractivity contribution in [1.29, 1.82) is 0 Å². The van der Waals surface area contributed by atoms with Crippen molar-refractivity contribution < 1.29 is 23.0 Å². The number of nitrogens with zero attached hydrogens (tertiary/aromatic N) is 2. The number of benzene rings is 1. The van der Waals surface area contributed by atoms with Crippen LogP contribution in [0.5, 0.6) is 11.6 Å². The molecule has 30 heavy (non-hydrogen) atoms. The van der Waals surface area contributed by atoms with Crippen molar-refractivity contribution >= 4 is 17.5 Å². The first-order chi connectivity index (χ1) is 14.2. The highest BCUT2D eigenvalue weighted by atomic mass is 35.5. The summed E-state index contributed by atoms with van der Waals surface area (Å²) in [7, 11) is 1.68. The van der Waals surface area contributed by atoms with Gasteiger partial charge in [-0.3, -0.25) is 10.1 Å². The number of ether oxygens (including phenoxy) is 2. The molecule has 1 atom stereocenters. The monoisotopic (exact) mass is 441 g/mol. The molecule has 2 rings (SSSR count). The van der Waals surface area contributed by atoms with Gasteiger partial charge in [-0.25, -0.2) is 4.98 Å². The second-order valence-electron chi connectivity index (χ2n) is 7.12. The van der Waals surface area contributed by atoms with Crippen molar-refractivity contribution in [2.24, 2.45) is 0 Å². The van der Waals surface area contributed by atoms with Crippen LogP contribution in [0.15, 0.2) is 42.6 Å². The third-order valence-electron chi connectivity index (χ3n) is 4.69.